The Morgan fingerprint density at radius 3 is 2.68 bits per heavy atom. The minimum Gasteiger partial charge on any atom is -0.358 e. The number of urea groups is 1. The number of hydrogen-bond acceptors (Lipinski definition) is 4. The van der Waals surface area contributed by atoms with Crippen molar-refractivity contribution in [1.82, 2.24) is 20.9 Å². The van der Waals surface area contributed by atoms with Crippen LogP contribution in [0.5, 0.6) is 0 Å². The van der Waals surface area contributed by atoms with Gasteiger partial charge in [-0.3, -0.25) is 9.69 Å². The SMILES string of the molecule is CNC(=O)CN1CCC(NC(=O)NCc2ccc(Cl)s2)CC1. The lowest BCUT2D eigenvalue weighted by molar-refractivity contribution is -0.122. The van der Waals surface area contributed by atoms with Crippen LogP contribution in [0.3, 0.4) is 0 Å². The Kier molecular flexibility index (Phi) is 6.48. The van der Waals surface area contributed by atoms with Crippen LogP contribution < -0.4 is 16.0 Å². The van der Waals surface area contributed by atoms with Crippen LogP contribution in [0.15, 0.2) is 12.1 Å². The van der Waals surface area contributed by atoms with Gasteiger partial charge in [0.1, 0.15) is 0 Å². The summed E-state index contributed by atoms with van der Waals surface area (Å²) in [5, 5.41) is 8.44. The van der Waals surface area contributed by atoms with Crippen molar-refractivity contribution in [1.29, 1.82) is 0 Å². The van der Waals surface area contributed by atoms with Gasteiger partial charge in [-0.15, -0.1) is 11.3 Å². The molecule has 1 aromatic rings. The number of likely N-dealkylation sites (N-methyl/N-ethyl adjacent to an activating group) is 1. The molecule has 0 bridgehead atoms. The molecule has 1 saturated heterocycles. The van der Waals surface area contributed by atoms with Crippen molar-refractivity contribution in [3.8, 4) is 0 Å². The standard InChI is InChI=1S/C14H21ClN4O2S/c1-16-13(20)9-19-6-4-10(5-7-19)18-14(21)17-8-11-2-3-12(15)22-11/h2-3,10H,4-9H2,1H3,(H,16,20)(H2,17,18,21). The predicted octanol–water partition coefficient (Wildman–Crippen LogP) is 1.41. The number of carbonyl (C=O) groups excluding carboxylic acids is 2. The molecule has 2 heterocycles. The largest absolute Gasteiger partial charge is 0.358 e. The maximum Gasteiger partial charge on any atom is 0.315 e. The van der Waals surface area contributed by atoms with Crippen LogP contribution in [-0.4, -0.2) is 49.6 Å². The molecule has 6 nitrogen and oxygen atoms in total. The van der Waals surface area contributed by atoms with Crippen LogP contribution in [0.2, 0.25) is 4.34 Å². The van der Waals surface area contributed by atoms with Gasteiger partial charge in [-0.2, -0.15) is 0 Å². The van der Waals surface area contributed by atoms with Crippen LogP contribution >= 0.6 is 22.9 Å². The fourth-order valence-corrected chi connectivity index (χ4v) is 3.40. The molecule has 0 atom stereocenters. The Balaban J connectivity index is 1.65. The first-order valence-corrected chi connectivity index (χ1v) is 8.48. The third-order valence-corrected chi connectivity index (χ3v) is 4.85. The Labute approximate surface area is 139 Å². The third-order valence-electron chi connectivity index (χ3n) is 3.62. The molecule has 0 aromatic carbocycles. The number of nitrogens with one attached hydrogen (secondary N) is 3. The average molecular weight is 345 g/mol. The lowest BCUT2D eigenvalue weighted by atomic mass is 10.1. The molecule has 1 aliphatic heterocycles. The van der Waals surface area contributed by atoms with E-state index >= 15 is 0 Å². The Bertz CT molecular complexity index is 515. The molecular formula is C14H21ClN4O2S. The van der Waals surface area contributed by atoms with Crippen LogP contribution in [0.25, 0.3) is 0 Å². The van der Waals surface area contributed by atoms with E-state index in [4.69, 9.17) is 11.6 Å². The van der Waals surface area contributed by atoms with Gasteiger partial charge in [0.25, 0.3) is 0 Å². The highest BCUT2D eigenvalue weighted by Gasteiger charge is 2.21. The van der Waals surface area contributed by atoms with Gasteiger partial charge in [-0.25, -0.2) is 4.79 Å². The number of rotatable bonds is 5. The van der Waals surface area contributed by atoms with Crippen LogP contribution in [-0.2, 0) is 11.3 Å². The number of halogens is 1. The monoisotopic (exact) mass is 344 g/mol. The first kappa shape index (κ1) is 17.1. The molecule has 2 rings (SSSR count). The highest BCUT2D eigenvalue weighted by Crippen LogP contribution is 2.20. The van der Waals surface area contributed by atoms with E-state index < -0.39 is 0 Å². The molecule has 1 fully saturated rings. The molecule has 0 saturated carbocycles. The molecule has 122 valence electrons. The lowest BCUT2D eigenvalue weighted by Crippen LogP contribution is -2.49. The minimum atomic E-state index is -0.158. The van der Waals surface area contributed by atoms with Crippen molar-refractivity contribution >= 4 is 34.9 Å². The summed E-state index contributed by atoms with van der Waals surface area (Å²) in [6.45, 7) is 2.55. The third kappa shape index (κ3) is 5.47. The molecule has 1 aromatic heterocycles. The Morgan fingerprint density at radius 1 is 1.36 bits per heavy atom. The molecule has 0 unspecified atom stereocenters. The van der Waals surface area contributed by atoms with Crippen LogP contribution in [0.1, 0.15) is 17.7 Å². The number of hydrogen-bond donors (Lipinski definition) is 3. The number of piperidine rings is 1. The second-order valence-corrected chi connectivity index (χ2v) is 7.06. The number of nitrogens with zero attached hydrogens (tertiary/aromatic N) is 1. The normalized spacial score (nSPS) is 16.3. The summed E-state index contributed by atoms with van der Waals surface area (Å²) < 4.78 is 0.723. The first-order chi connectivity index (χ1) is 10.6. The van der Waals surface area contributed by atoms with E-state index in [1.807, 2.05) is 12.1 Å². The first-order valence-electron chi connectivity index (χ1n) is 7.28. The van der Waals surface area contributed by atoms with Gasteiger partial charge in [0, 0.05) is 31.1 Å². The molecule has 3 amide bonds. The van der Waals surface area contributed by atoms with Crippen LogP contribution in [0, 0.1) is 0 Å². The fraction of sp³-hybridized carbons (Fsp3) is 0.571. The highest BCUT2D eigenvalue weighted by atomic mass is 35.5. The average Bonchev–Trinajstić information content (AvgIpc) is 2.92. The van der Waals surface area contributed by atoms with Crippen molar-refractivity contribution in [2.45, 2.75) is 25.4 Å². The van der Waals surface area contributed by atoms with Gasteiger partial charge < -0.3 is 16.0 Å². The molecule has 0 spiro atoms. The van der Waals surface area contributed by atoms with E-state index in [2.05, 4.69) is 20.9 Å². The number of carbonyl (C=O) groups is 2. The van der Waals surface area contributed by atoms with Crippen molar-refractivity contribution in [3.05, 3.63) is 21.3 Å². The van der Waals surface area contributed by atoms with Crippen molar-refractivity contribution in [2.24, 2.45) is 0 Å². The van der Waals surface area contributed by atoms with E-state index in [0.29, 0.717) is 13.1 Å². The molecular weight excluding hydrogens is 324 g/mol. The van der Waals surface area contributed by atoms with Crippen molar-refractivity contribution < 1.29 is 9.59 Å². The van der Waals surface area contributed by atoms with Crippen molar-refractivity contribution in [2.75, 3.05) is 26.7 Å². The second-order valence-electron chi connectivity index (χ2n) is 5.26. The van der Waals surface area contributed by atoms with E-state index in [0.717, 1.165) is 35.1 Å². The molecule has 8 heteroatoms. The number of amides is 3. The Morgan fingerprint density at radius 2 is 2.09 bits per heavy atom. The number of thiophene rings is 1. The molecule has 22 heavy (non-hydrogen) atoms. The molecule has 0 radical (unpaired) electrons. The summed E-state index contributed by atoms with van der Waals surface area (Å²) in [6.07, 6.45) is 1.71. The van der Waals surface area contributed by atoms with Crippen LogP contribution in [0.4, 0.5) is 4.79 Å². The maximum atomic E-state index is 11.9. The smallest absolute Gasteiger partial charge is 0.315 e. The summed E-state index contributed by atoms with van der Waals surface area (Å²) >= 11 is 7.31. The highest BCUT2D eigenvalue weighted by molar-refractivity contribution is 7.16. The molecule has 1 aliphatic rings. The van der Waals surface area contributed by atoms with Gasteiger partial charge in [0.2, 0.25) is 5.91 Å². The summed E-state index contributed by atoms with van der Waals surface area (Å²) in [7, 11) is 1.64. The minimum absolute atomic E-state index is 0.0266. The second kappa shape index (κ2) is 8.36. The van der Waals surface area contributed by atoms with Crippen molar-refractivity contribution in [3.63, 3.8) is 0 Å². The maximum absolute atomic E-state index is 11.9. The summed E-state index contributed by atoms with van der Waals surface area (Å²) in [5.41, 5.74) is 0. The topological polar surface area (TPSA) is 73.5 Å². The van der Waals surface area contributed by atoms with Gasteiger partial charge in [-0.1, -0.05) is 11.6 Å². The zero-order valence-corrected chi connectivity index (χ0v) is 14.1. The predicted molar refractivity (Wildman–Crippen MR) is 88.2 cm³/mol. The number of likely N-dealkylation sites (tertiary alicyclic amines) is 1. The van der Waals surface area contributed by atoms with Gasteiger partial charge in [0.05, 0.1) is 17.4 Å². The van der Waals surface area contributed by atoms with E-state index in [1.54, 1.807) is 7.05 Å². The zero-order chi connectivity index (χ0) is 15.9. The fourth-order valence-electron chi connectivity index (χ4n) is 2.37. The van der Waals surface area contributed by atoms with E-state index in [1.165, 1.54) is 11.3 Å². The summed E-state index contributed by atoms with van der Waals surface area (Å²) in [6, 6.07) is 3.73. The Hall–Kier alpha value is -1.31. The summed E-state index contributed by atoms with van der Waals surface area (Å²) in [4.78, 5) is 26.3. The van der Waals surface area contributed by atoms with E-state index in [9.17, 15) is 9.59 Å². The molecule has 3 N–H and O–H groups in total. The van der Waals surface area contributed by atoms with Gasteiger partial charge in [0.15, 0.2) is 0 Å². The molecule has 0 aliphatic carbocycles. The quantitative estimate of drug-likeness (QED) is 0.756. The summed E-state index contributed by atoms with van der Waals surface area (Å²) in [5.74, 6) is 0.0266. The van der Waals surface area contributed by atoms with Gasteiger partial charge >= 0.3 is 6.03 Å². The van der Waals surface area contributed by atoms with E-state index in [-0.39, 0.29) is 18.0 Å². The zero-order valence-electron chi connectivity index (χ0n) is 12.5. The van der Waals surface area contributed by atoms with Gasteiger partial charge in [-0.05, 0) is 25.0 Å². The lowest BCUT2D eigenvalue weighted by Gasteiger charge is -2.31.